The zero-order valence-electron chi connectivity index (χ0n) is 12.9. The lowest BCUT2D eigenvalue weighted by Gasteiger charge is -2.12. The number of amides is 1. The molecule has 0 fully saturated rings. The molecule has 23 heavy (non-hydrogen) atoms. The average molecular weight is 318 g/mol. The minimum absolute atomic E-state index is 0.0778. The maximum absolute atomic E-state index is 10.6. The Morgan fingerprint density at radius 2 is 1.83 bits per heavy atom. The molecule has 122 valence electrons. The van der Waals surface area contributed by atoms with E-state index in [1.165, 1.54) is 7.11 Å². The molecule has 0 aliphatic heterocycles. The third kappa shape index (κ3) is 4.77. The number of primary amides is 1. The molecule has 1 aromatic carbocycles. The zero-order chi connectivity index (χ0) is 16.7. The fourth-order valence-corrected chi connectivity index (χ4v) is 1.85. The molecule has 0 saturated carbocycles. The molecule has 0 radical (unpaired) electrons. The number of hydrogen-bond acceptors (Lipinski definition) is 6. The second kappa shape index (κ2) is 7.88. The van der Waals surface area contributed by atoms with Crippen molar-refractivity contribution < 1.29 is 23.7 Å². The van der Waals surface area contributed by atoms with Crippen molar-refractivity contribution in [3.8, 4) is 17.4 Å². The van der Waals surface area contributed by atoms with E-state index in [2.05, 4.69) is 4.98 Å². The van der Waals surface area contributed by atoms with Crippen molar-refractivity contribution in [3.63, 3.8) is 0 Å². The van der Waals surface area contributed by atoms with E-state index < -0.39 is 6.09 Å². The average Bonchev–Trinajstić information content (AvgIpc) is 2.58. The quantitative estimate of drug-likeness (QED) is 0.842. The molecule has 0 saturated heterocycles. The van der Waals surface area contributed by atoms with Crippen molar-refractivity contribution in [1.29, 1.82) is 0 Å². The van der Waals surface area contributed by atoms with E-state index in [1.807, 2.05) is 6.07 Å². The molecule has 1 aromatic heterocycles. The van der Waals surface area contributed by atoms with Gasteiger partial charge >= 0.3 is 6.09 Å². The first-order valence-electron chi connectivity index (χ1n) is 6.83. The van der Waals surface area contributed by atoms with Gasteiger partial charge in [-0.25, -0.2) is 9.78 Å². The van der Waals surface area contributed by atoms with Gasteiger partial charge in [-0.05, 0) is 23.8 Å². The van der Waals surface area contributed by atoms with Crippen molar-refractivity contribution in [2.45, 2.75) is 13.2 Å². The molecule has 0 aliphatic rings. The minimum atomic E-state index is -0.823. The van der Waals surface area contributed by atoms with Crippen LogP contribution in [-0.2, 0) is 18.0 Å². The van der Waals surface area contributed by atoms with Crippen LogP contribution >= 0.6 is 0 Å². The van der Waals surface area contributed by atoms with E-state index in [1.54, 1.807) is 37.6 Å². The highest BCUT2D eigenvalue weighted by atomic mass is 16.5. The Bertz CT molecular complexity index is 658. The summed E-state index contributed by atoms with van der Waals surface area (Å²) in [5.41, 5.74) is 6.59. The first-order chi connectivity index (χ1) is 11.1. The fourth-order valence-electron chi connectivity index (χ4n) is 1.85. The lowest BCUT2D eigenvalue weighted by atomic mass is 10.2. The highest BCUT2D eigenvalue weighted by Crippen LogP contribution is 2.29. The largest absolute Gasteiger partial charge is 0.493 e. The number of methoxy groups -OCH3 is 2. The zero-order valence-corrected chi connectivity index (χ0v) is 12.9. The standard InChI is InChI=1S/C16H18N2O5/c1-20-14-7-11(9-23-16(17)19)3-5-13(14)22-10-12-4-6-15(21-2)18-8-12/h3-8H,9-10H2,1-2H3,(H2,17,19). The van der Waals surface area contributed by atoms with Gasteiger partial charge in [0.15, 0.2) is 11.5 Å². The molecular formula is C16H18N2O5. The molecule has 1 heterocycles. The predicted octanol–water partition coefficient (Wildman–Crippen LogP) is 2.27. The van der Waals surface area contributed by atoms with Gasteiger partial charge in [-0.3, -0.25) is 0 Å². The second-order valence-electron chi connectivity index (χ2n) is 4.59. The van der Waals surface area contributed by atoms with E-state index in [-0.39, 0.29) is 6.61 Å². The van der Waals surface area contributed by atoms with Gasteiger partial charge in [0, 0.05) is 17.8 Å². The van der Waals surface area contributed by atoms with Crippen LogP contribution in [0.5, 0.6) is 17.4 Å². The maximum Gasteiger partial charge on any atom is 0.404 e. The van der Waals surface area contributed by atoms with E-state index in [9.17, 15) is 4.79 Å². The minimum Gasteiger partial charge on any atom is -0.493 e. The number of ether oxygens (including phenoxy) is 4. The van der Waals surface area contributed by atoms with Crippen LogP contribution in [-0.4, -0.2) is 25.3 Å². The number of hydrogen-bond donors (Lipinski definition) is 1. The third-order valence-electron chi connectivity index (χ3n) is 3.01. The van der Waals surface area contributed by atoms with Gasteiger partial charge in [-0.1, -0.05) is 6.07 Å². The Labute approximate surface area is 133 Å². The van der Waals surface area contributed by atoms with Crippen molar-refractivity contribution >= 4 is 6.09 Å². The van der Waals surface area contributed by atoms with Crippen molar-refractivity contribution in [3.05, 3.63) is 47.7 Å². The van der Waals surface area contributed by atoms with Gasteiger partial charge in [-0.2, -0.15) is 0 Å². The van der Waals surface area contributed by atoms with Crippen LogP contribution in [0.25, 0.3) is 0 Å². The van der Waals surface area contributed by atoms with Crippen LogP contribution in [0.15, 0.2) is 36.5 Å². The summed E-state index contributed by atoms with van der Waals surface area (Å²) in [6, 6.07) is 8.88. The van der Waals surface area contributed by atoms with Crippen LogP contribution < -0.4 is 19.9 Å². The monoisotopic (exact) mass is 318 g/mol. The summed E-state index contributed by atoms with van der Waals surface area (Å²) in [6.45, 7) is 0.416. The summed E-state index contributed by atoms with van der Waals surface area (Å²) in [7, 11) is 3.10. The van der Waals surface area contributed by atoms with Crippen molar-refractivity contribution in [2.75, 3.05) is 14.2 Å². The lowest BCUT2D eigenvalue weighted by Crippen LogP contribution is -2.12. The number of carbonyl (C=O) groups is 1. The number of nitrogens with zero attached hydrogens (tertiary/aromatic N) is 1. The van der Waals surface area contributed by atoms with Gasteiger partial charge in [0.05, 0.1) is 14.2 Å². The summed E-state index contributed by atoms with van der Waals surface area (Å²) in [5, 5.41) is 0. The third-order valence-corrected chi connectivity index (χ3v) is 3.01. The smallest absolute Gasteiger partial charge is 0.404 e. The molecule has 2 aromatic rings. The lowest BCUT2D eigenvalue weighted by molar-refractivity contribution is 0.150. The van der Waals surface area contributed by atoms with Crippen LogP contribution in [0.3, 0.4) is 0 Å². The topological polar surface area (TPSA) is 92.9 Å². The van der Waals surface area contributed by atoms with E-state index in [4.69, 9.17) is 24.7 Å². The second-order valence-corrected chi connectivity index (χ2v) is 4.59. The van der Waals surface area contributed by atoms with Crippen LogP contribution in [0.2, 0.25) is 0 Å². The Hall–Kier alpha value is -2.96. The van der Waals surface area contributed by atoms with Gasteiger partial charge in [0.25, 0.3) is 0 Å². The summed E-state index contributed by atoms with van der Waals surface area (Å²) in [6.07, 6.45) is 0.858. The number of rotatable bonds is 7. The first-order valence-corrected chi connectivity index (χ1v) is 6.83. The molecular weight excluding hydrogens is 300 g/mol. The molecule has 2 N–H and O–H groups in total. The van der Waals surface area contributed by atoms with Crippen molar-refractivity contribution in [2.24, 2.45) is 5.73 Å². The number of pyridine rings is 1. The first kappa shape index (κ1) is 16.4. The molecule has 0 unspecified atom stereocenters. The Morgan fingerprint density at radius 1 is 1.04 bits per heavy atom. The number of aromatic nitrogens is 1. The van der Waals surface area contributed by atoms with Crippen LogP contribution in [0.4, 0.5) is 4.79 Å². The number of carbonyl (C=O) groups excluding carboxylic acids is 1. The molecule has 0 aliphatic carbocycles. The summed E-state index contributed by atoms with van der Waals surface area (Å²) >= 11 is 0. The molecule has 2 rings (SSSR count). The SMILES string of the molecule is COc1ccc(COc2ccc(COC(N)=O)cc2OC)cn1. The molecule has 0 bridgehead atoms. The van der Waals surface area contributed by atoms with Crippen molar-refractivity contribution in [1.82, 2.24) is 4.98 Å². The predicted molar refractivity (Wildman–Crippen MR) is 82.5 cm³/mol. The molecule has 1 amide bonds. The number of benzene rings is 1. The molecule has 0 atom stereocenters. The van der Waals surface area contributed by atoms with E-state index in [0.29, 0.717) is 24.0 Å². The number of nitrogens with two attached hydrogens (primary N) is 1. The highest BCUT2D eigenvalue weighted by molar-refractivity contribution is 5.64. The summed E-state index contributed by atoms with van der Waals surface area (Å²) in [4.78, 5) is 14.7. The summed E-state index contributed by atoms with van der Waals surface area (Å²) < 4.78 is 20.8. The van der Waals surface area contributed by atoms with Crippen LogP contribution in [0.1, 0.15) is 11.1 Å². The molecule has 7 heteroatoms. The van der Waals surface area contributed by atoms with Gasteiger partial charge in [-0.15, -0.1) is 0 Å². The van der Waals surface area contributed by atoms with E-state index in [0.717, 1.165) is 11.1 Å². The van der Waals surface area contributed by atoms with E-state index >= 15 is 0 Å². The Balaban J connectivity index is 2.02. The summed E-state index contributed by atoms with van der Waals surface area (Å²) in [5.74, 6) is 1.66. The Morgan fingerprint density at radius 3 is 2.43 bits per heavy atom. The fraction of sp³-hybridized carbons (Fsp3) is 0.250. The molecule has 0 spiro atoms. The van der Waals surface area contributed by atoms with Gasteiger partial charge in [0.1, 0.15) is 13.2 Å². The maximum atomic E-state index is 10.6. The normalized spacial score (nSPS) is 10.0. The van der Waals surface area contributed by atoms with Gasteiger partial charge < -0.3 is 24.7 Å². The highest BCUT2D eigenvalue weighted by Gasteiger charge is 2.08. The van der Waals surface area contributed by atoms with Crippen LogP contribution in [0, 0.1) is 0 Å². The van der Waals surface area contributed by atoms with Gasteiger partial charge in [0.2, 0.25) is 5.88 Å². The Kier molecular flexibility index (Phi) is 5.62. The molecule has 7 nitrogen and oxygen atoms in total.